The molecule has 8 heteroatoms. The number of hydrogen-bond acceptors (Lipinski definition) is 7. The summed E-state index contributed by atoms with van der Waals surface area (Å²) in [7, 11) is 3.14. The van der Waals surface area contributed by atoms with E-state index in [4.69, 9.17) is 14.2 Å². The lowest BCUT2D eigenvalue weighted by Crippen LogP contribution is -2.23. The van der Waals surface area contributed by atoms with Gasteiger partial charge >= 0.3 is 0 Å². The molecule has 2 aromatic carbocycles. The van der Waals surface area contributed by atoms with Crippen LogP contribution >= 0.6 is 11.3 Å². The summed E-state index contributed by atoms with van der Waals surface area (Å²) in [5.41, 5.74) is 1.31. The highest BCUT2D eigenvalue weighted by molar-refractivity contribution is 7.15. The summed E-state index contributed by atoms with van der Waals surface area (Å²) in [6, 6.07) is 12.9. The van der Waals surface area contributed by atoms with Crippen molar-refractivity contribution in [2.75, 3.05) is 20.8 Å². The van der Waals surface area contributed by atoms with E-state index in [2.05, 4.69) is 16.7 Å². The lowest BCUT2D eigenvalue weighted by atomic mass is 10.2. The zero-order valence-corrected chi connectivity index (χ0v) is 17.3. The lowest BCUT2D eigenvalue weighted by Gasteiger charge is -2.07. The van der Waals surface area contributed by atoms with Crippen LogP contribution in [0, 0.1) is 0 Å². The number of ether oxygens (including phenoxy) is 3. The van der Waals surface area contributed by atoms with Crippen molar-refractivity contribution in [1.82, 2.24) is 14.6 Å². The fourth-order valence-corrected chi connectivity index (χ4v) is 3.85. The second-order valence-corrected chi connectivity index (χ2v) is 7.26. The maximum absolute atomic E-state index is 12.9. The van der Waals surface area contributed by atoms with Gasteiger partial charge in [-0.1, -0.05) is 42.2 Å². The molecule has 0 aliphatic heterocycles. The number of fused-ring (bicyclic) bond motifs is 1. The first-order valence-corrected chi connectivity index (χ1v) is 9.92. The molecule has 0 spiro atoms. The largest absolute Gasteiger partial charge is 0.493 e. The molecule has 0 atom stereocenters. The number of thiazole rings is 1. The second-order valence-electron chi connectivity index (χ2n) is 6.25. The van der Waals surface area contributed by atoms with Crippen LogP contribution in [0.1, 0.15) is 5.56 Å². The van der Waals surface area contributed by atoms with E-state index < -0.39 is 0 Å². The monoisotopic (exact) mass is 421 g/mol. The molecule has 4 aromatic rings. The van der Waals surface area contributed by atoms with Crippen LogP contribution in [0.25, 0.3) is 22.4 Å². The minimum absolute atomic E-state index is 0.229. The Bertz CT molecular complexity index is 1330. The van der Waals surface area contributed by atoms with Crippen LogP contribution in [0.4, 0.5) is 0 Å². The van der Waals surface area contributed by atoms with Gasteiger partial charge in [-0.05, 0) is 30.3 Å². The Balaban J connectivity index is 1.75. The molecule has 0 N–H and O–H groups in total. The number of rotatable bonds is 7. The minimum atomic E-state index is -0.229. The molecular formula is C22H19N3O4S. The molecule has 30 heavy (non-hydrogen) atoms. The maximum Gasteiger partial charge on any atom is 0.291 e. The van der Waals surface area contributed by atoms with Crippen molar-refractivity contribution in [1.29, 1.82) is 0 Å². The van der Waals surface area contributed by atoms with E-state index in [1.807, 2.05) is 30.3 Å². The summed E-state index contributed by atoms with van der Waals surface area (Å²) in [4.78, 5) is 17.9. The average Bonchev–Trinajstić information content (AvgIpc) is 3.32. The Morgan fingerprint density at radius 3 is 2.63 bits per heavy atom. The van der Waals surface area contributed by atoms with Crippen LogP contribution < -0.4 is 24.3 Å². The van der Waals surface area contributed by atoms with Crippen LogP contribution in [0.15, 0.2) is 59.9 Å². The quantitative estimate of drug-likeness (QED) is 0.427. The van der Waals surface area contributed by atoms with Crippen LogP contribution in [0.3, 0.4) is 0 Å². The fourth-order valence-electron chi connectivity index (χ4n) is 2.95. The molecule has 7 nitrogen and oxygen atoms in total. The number of nitrogens with zero attached hydrogens (tertiary/aromatic N) is 3. The summed E-state index contributed by atoms with van der Waals surface area (Å²) < 4.78 is 18.1. The molecule has 0 fully saturated rings. The predicted molar refractivity (Wildman–Crippen MR) is 117 cm³/mol. The van der Waals surface area contributed by atoms with Crippen molar-refractivity contribution < 1.29 is 14.2 Å². The topological polar surface area (TPSA) is 74.9 Å². The standard InChI is InChI=1S/C22H19N3O4S/c1-4-11-29-16-8-6-5-7-14(16)13-19-21(26)25-22(30-19)23-20(24-25)15-9-10-17(27-2)18(12-15)28-3/h4-10,12-13H,1,11H2,2-3H3. The molecular weight excluding hydrogens is 402 g/mol. The summed E-state index contributed by atoms with van der Waals surface area (Å²) in [6.07, 6.45) is 3.46. The van der Waals surface area contributed by atoms with E-state index in [9.17, 15) is 4.79 Å². The van der Waals surface area contributed by atoms with Crippen LogP contribution in [0.5, 0.6) is 17.2 Å². The minimum Gasteiger partial charge on any atom is -0.493 e. The van der Waals surface area contributed by atoms with Crippen LogP contribution in [-0.4, -0.2) is 35.4 Å². The van der Waals surface area contributed by atoms with E-state index in [0.29, 0.717) is 39.2 Å². The highest BCUT2D eigenvalue weighted by Gasteiger charge is 2.14. The number of methoxy groups -OCH3 is 2. The first kappa shape index (κ1) is 19.7. The second kappa shape index (κ2) is 8.38. The zero-order valence-electron chi connectivity index (χ0n) is 16.5. The molecule has 0 saturated carbocycles. The molecule has 152 valence electrons. The van der Waals surface area contributed by atoms with Gasteiger partial charge in [0.1, 0.15) is 12.4 Å². The van der Waals surface area contributed by atoms with E-state index in [-0.39, 0.29) is 5.56 Å². The van der Waals surface area contributed by atoms with Gasteiger partial charge in [0.15, 0.2) is 17.3 Å². The third kappa shape index (κ3) is 3.65. The van der Waals surface area contributed by atoms with Gasteiger partial charge in [-0.2, -0.15) is 9.50 Å². The van der Waals surface area contributed by atoms with Gasteiger partial charge in [0.05, 0.1) is 18.8 Å². The molecule has 4 rings (SSSR count). The number of para-hydroxylation sites is 1. The molecule has 0 bridgehead atoms. The predicted octanol–water partition coefficient (Wildman–Crippen LogP) is 2.95. The highest BCUT2D eigenvalue weighted by Crippen LogP contribution is 2.31. The summed E-state index contributed by atoms with van der Waals surface area (Å²) >= 11 is 1.27. The third-order valence-corrected chi connectivity index (χ3v) is 5.35. The van der Waals surface area contributed by atoms with Gasteiger partial charge in [0.2, 0.25) is 4.96 Å². The average molecular weight is 421 g/mol. The van der Waals surface area contributed by atoms with Crippen molar-refractivity contribution in [2.45, 2.75) is 0 Å². The number of hydrogen-bond donors (Lipinski definition) is 0. The van der Waals surface area contributed by atoms with Gasteiger partial charge in [-0.15, -0.1) is 5.10 Å². The highest BCUT2D eigenvalue weighted by atomic mass is 32.1. The Labute approximate surface area is 176 Å². The molecule has 2 heterocycles. The lowest BCUT2D eigenvalue weighted by molar-refractivity contribution is 0.355. The van der Waals surface area contributed by atoms with Gasteiger partial charge < -0.3 is 14.2 Å². The molecule has 0 amide bonds. The Kier molecular flexibility index (Phi) is 5.49. The first-order valence-electron chi connectivity index (χ1n) is 9.11. The van der Waals surface area contributed by atoms with Gasteiger partial charge in [-0.3, -0.25) is 4.79 Å². The van der Waals surface area contributed by atoms with Crippen LogP contribution in [0.2, 0.25) is 0 Å². The zero-order chi connectivity index (χ0) is 21.1. The van der Waals surface area contributed by atoms with Crippen molar-refractivity contribution in [2.24, 2.45) is 0 Å². The van der Waals surface area contributed by atoms with E-state index in [1.165, 1.54) is 15.9 Å². The molecule has 0 aliphatic carbocycles. The maximum atomic E-state index is 12.9. The smallest absolute Gasteiger partial charge is 0.291 e. The van der Waals surface area contributed by atoms with E-state index >= 15 is 0 Å². The van der Waals surface area contributed by atoms with E-state index in [0.717, 1.165) is 11.1 Å². The van der Waals surface area contributed by atoms with Crippen LogP contribution in [-0.2, 0) is 0 Å². The van der Waals surface area contributed by atoms with Gasteiger partial charge in [0, 0.05) is 11.1 Å². The normalized spacial score (nSPS) is 11.6. The number of benzene rings is 2. The molecule has 0 saturated heterocycles. The van der Waals surface area contributed by atoms with Crippen molar-refractivity contribution in [3.63, 3.8) is 0 Å². The molecule has 0 aliphatic rings. The molecule has 2 aromatic heterocycles. The number of aromatic nitrogens is 3. The third-order valence-electron chi connectivity index (χ3n) is 4.39. The summed E-state index contributed by atoms with van der Waals surface area (Å²) in [5, 5.41) is 4.39. The first-order chi connectivity index (χ1) is 14.6. The van der Waals surface area contributed by atoms with Crippen molar-refractivity contribution in [3.05, 3.63) is 75.6 Å². The van der Waals surface area contributed by atoms with E-state index in [1.54, 1.807) is 38.5 Å². The van der Waals surface area contributed by atoms with Gasteiger partial charge in [0.25, 0.3) is 5.56 Å². The molecule has 0 radical (unpaired) electrons. The van der Waals surface area contributed by atoms with Crippen molar-refractivity contribution >= 4 is 22.4 Å². The Morgan fingerprint density at radius 2 is 1.90 bits per heavy atom. The fraction of sp³-hybridized carbons (Fsp3) is 0.136. The Morgan fingerprint density at radius 1 is 1.10 bits per heavy atom. The SMILES string of the molecule is C=CCOc1ccccc1C=c1sc2nc(-c3ccc(OC)c(OC)c3)nn2c1=O. The molecule has 0 unspecified atom stereocenters. The summed E-state index contributed by atoms with van der Waals surface area (Å²) in [5.74, 6) is 2.31. The summed E-state index contributed by atoms with van der Waals surface area (Å²) in [6.45, 7) is 4.05. The van der Waals surface area contributed by atoms with Gasteiger partial charge in [-0.25, -0.2) is 0 Å². The van der Waals surface area contributed by atoms with Crippen molar-refractivity contribution in [3.8, 4) is 28.6 Å². The Hall–Kier alpha value is -3.65.